The summed E-state index contributed by atoms with van der Waals surface area (Å²) in [7, 11) is 0. The molecule has 0 spiro atoms. The van der Waals surface area contributed by atoms with Crippen LogP contribution in [0.1, 0.15) is 24.0 Å². The Morgan fingerprint density at radius 2 is 1.89 bits per heavy atom. The van der Waals surface area contributed by atoms with Crippen LogP contribution in [0.3, 0.4) is 0 Å². The van der Waals surface area contributed by atoms with E-state index in [0.717, 1.165) is 0 Å². The summed E-state index contributed by atoms with van der Waals surface area (Å²) >= 11 is 0. The van der Waals surface area contributed by atoms with Gasteiger partial charge in [0.15, 0.2) is 0 Å². The molecule has 6 heteroatoms. The zero-order chi connectivity index (χ0) is 13.6. The summed E-state index contributed by atoms with van der Waals surface area (Å²) in [6.07, 6.45) is -1.11. The number of hydrogen-bond acceptors (Lipinski definition) is 2. The molecule has 0 saturated heterocycles. The van der Waals surface area contributed by atoms with E-state index in [-0.39, 0.29) is 11.3 Å². The van der Waals surface area contributed by atoms with Gasteiger partial charge in [0.25, 0.3) is 5.92 Å². The van der Waals surface area contributed by atoms with Crippen LogP contribution in [0.5, 0.6) is 5.75 Å². The molecule has 1 aliphatic rings. The van der Waals surface area contributed by atoms with Gasteiger partial charge in [-0.15, -0.1) is 0 Å². The van der Waals surface area contributed by atoms with Crippen molar-refractivity contribution in [3.05, 3.63) is 29.3 Å². The van der Waals surface area contributed by atoms with Crippen LogP contribution in [0.25, 0.3) is 0 Å². The molecule has 2 nitrogen and oxygen atoms in total. The summed E-state index contributed by atoms with van der Waals surface area (Å²) in [5, 5.41) is 0. The molecule has 0 unspecified atom stereocenters. The van der Waals surface area contributed by atoms with Crippen LogP contribution in [-0.4, -0.2) is 12.5 Å². The molecule has 1 fully saturated rings. The van der Waals surface area contributed by atoms with Crippen molar-refractivity contribution in [2.75, 3.05) is 0 Å². The number of alkyl halides is 4. The topological polar surface area (TPSA) is 35.2 Å². The van der Waals surface area contributed by atoms with E-state index in [1.54, 1.807) is 19.1 Å². The molecule has 1 aromatic carbocycles. The van der Waals surface area contributed by atoms with Gasteiger partial charge >= 0.3 is 6.61 Å². The second-order valence-corrected chi connectivity index (χ2v) is 4.70. The first-order valence-corrected chi connectivity index (χ1v) is 5.45. The molecule has 1 aliphatic carbocycles. The van der Waals surface area contributed by atoms with E-state index in [1.165, 1.54) is 6.07 Å². The Morgan fingerprint density at radius 3 is 2.39 bits per heavy atom. The Morgan fingerprint density at radius 1 is 1.28 bits per heavy atom. The van der Waals surface area contributed by atoms with Crippen molar-refractivity contribution in [1.29, 1.82) is 0 Å². The molecule has 0 aliphatic heterocycles. The number of hydrogen-bond donors (Lipinski definition) is 1. The van der Waals surface area contributed by atoms with Crippen molar-refractivity contribution in [3.63, 3.8) is 0 Å². The van der Waals surface area contributed by atoms with Crippen molar-refractivity contribution >= 4 is 0 Å². The lowest BCUT2D eigenvalue weighted by Gasteiger charge is -2.45. The lowest BCUT2D eigenvalue weighted by Crippen LogP contribution is -2.55. The SMILES string of the molecule is Cc1cccc(C2(N)CC(F)(F)C2)c1OC(F)F. The zero-order valence-electron chi connectivity index (χ0n) is 9.72. The van der Waals surface area contributed by atoms with E-state index in [1.807, 2.05) is 0 Å². The van der Waals surface area contributed by atoms with Crippen LogP contribution in [0.4, 0.5) is 17.6 Å². The van der Waals surface area contributed by atoms with Gasteiger partial charge in [0.2, 0.25) is 0 Å². The van der Waals surface area contributed by atoms with Crippen LogP contribution in [-0.2, 0) is 5.54 Å². The molecule has 1 saturated carbocycles. The predicted molar refractivity (Wildman–Crippen MR) is 57.9 cm³/mol. The van der Waals surface area contributed by atoms with E-state index >= 15 is 0 Å². The van der Waals surface area contributed by atoms with E-state index in [0.29, 0.717) is 5.56 Å². The summed E-state index contributed by atoms with van der Waals surface area (Å²) in [4.78, 5) is 0. The number of benzene rings is 1. The third-order valence-corrected chi connectivity index (χ3v) is 3.10. The summed E-state index contributed by atoms with van der Waals surface area (Å²) in [6, 6.07) is 4.62. The molecule has 18 heavy (non-hydrogen) atoms. The first-order valence-electron chi connectivity index (χ1n) is 5.45. The fourth-order valence-corrected chi connectivity index (χ4v) is 2.35. The number of nitrogens with two attached hydrogens (primary N) is 1. The highest BCUT2D eigenvalue weighted by Gasteiger charge is 2.56. The van der Waals surface area contributed by atoms with E-state index < -0.39 is 30.9 Å². The molecule has 0 heterocycles. The highest BCUT2D eigenvalue weighted by atomic mass is 19.3. The van der Waals surface area contributed by atoms with Gasteiger partial charge in [0.1, 0.15) is 5.75 Å². The molecule has 0 radical (unpaired) electrons. The molecule has 0 bridgehead atoms. The van der Waals surface area contributed by atoms with Crippen LogP contribution < -0.4 is 10.5 Å². The van der Waals surface area contributed by atoms with Gasteiger partial charge in [-0.3, -0.25) is 0 Å². The highest BCUT2D eigenvalue weighted by Crippen LogP contribution is 2.52. The molecule has 0 atom stereocenters. The van der Waals surface area contributed by atoms with Crippen LogP contribution in [0, 0.1) is 6.92 Å². The summed E-state index contributed by atoms with van der Waals surface area (Å²) < 4.78 is 55.0. The fraction of sp³-hybridized carbons (Fsp3) is 0.500. The fourth-order valence-electron chi connectivity index (χ4n) is 2.35. The molecular formula is C12H13F4NO. The van der Waals surface area contributed by atoms with Crippen molar-refractivity contribution in [2.24, 2.45) is 5.73 Å². The zero-order valence-corrected chi connectivity index (χ0v) is 9.72. The van der Waals surface area contributed by atoms with Crippen LogP contribution >= 0.6 is 0 Å². The molecule has 0 aromatic heterocycles. The van der Waals surface area contributed by atoms with Gasteiger partial charge in [-0.05, 0) is 12.5 Å². The van der Waals surface area contributed by atoms with Crippen molar-refractivity contribution in [1.82, 2.24) is 0 Å². The number of aryl methyl sites for hydroxylation is 1. The number of rotatable bonds is 3. The summed E-state index contributed by atoms with van der Waals surface area (Å²) in [6.45, 7) is -1.43. The minimum absolute atomic E-state index is 0.0921. The quantitative estimate of drug-likeness (QED) is 0.850. The molecule has 100 valence electrons. The first-order chi connectivity index (χ1) is 8.23. The van der Waals surface area contributed by atoms with Crippen molar-refractivity contribution in [2.45, 2.75) is 37.8 Å². The van der Waals surface area contributed by atoms with Gasteiger partial charge < -0.3 is 10.5 Å². The summed E-state index contributed by atoms with van der Waals surface area (Å²) in [5.41, 5.74) is 5.22. The maximum absolute atomic E-state index is 12.9. The Kier molecular flexibility index (Phi) is 3.01. The summed E-state index contributed by atoms with van der Waals surface area (Å²) in [5.74, 6) is -2.92. The van der Waals surface area contributed by atoms with Gasteiger partial charge in [0, 0.05) is 18.4 Å². The normalized spacial score (nSPS) is 20.6. The Hall–Kier alpha value is -1.30. The number of ether oxygens (including phenoxy) is 1. The average molecular weight is 263 g/mol. The first kappa shape index (κ1) is 13.1. The molecule has 1 aromatic rings. The molecule has 2 rings (SSSR count). The lowest BCUT2D eigenvalue weighted by molar-refractivity contribution is -0.126. The Labute approximate surface area is 102 Å². The smallest absolute Gasteiger partial charge is 0.387 e. The minimum atomic E-state index is -3.01. The second-order valence-electron chi connectivity index (χ2n) is 4.70. The van der Waals surface area contributed by atoms with Gasteiger partial charge in [-0.25, -0.2) is 8.78 Å². The van der Waals surface area contributed by atoms with Crippen molar-refractivity contribution < 1.29 is 22.3 Å². The lowest BCUT2D eigenvalue weighted by atomic mass is 9.69. The third-order valence-electron chi connectivity index (χ3n) is 3.10. The Balaban J connectivity index is 2.36. The number of para-hydroxylation sites is 1. The van der Waals surface area contributed by atoms with E-state index in [4.69, 9.17) is 5.73 Å². The van der Waals surface area contributed by atoms with Crippen LogP contribution in [0.2, 0.25) is 0 Å². The molecule has 0 amide bonds. The van der Waals surface area contributed by atoms with Gasteiger partial charge in [-0.1, -0.05) is 18.2 Å². The monoisotopic (exact) mass is 263 g/mol. The van der Waals surface area contributed by atoms with Gasteiger partial charge in [0.05, 0.1) is 5.54 Å². The number of halogens is 4. The third kappa shape index (κ3) is 2.29. The maximum Gasteiger partial charge on any atom is 0.387 e. The van der Waals surface area contributed by atoms with E-state index in [2.05, 4.69) is 4.74 Å². The Bertz CT molecular complexity index is 453. The van der Waals surface area contributed by atoms with E-state index in [9.17, 15) is 17.6 Å². The molecular weight excluding hydrogens is 250 g/mol. The largest absolute Gasteiger partial charge is 0.434 e. The maximum atomic E-state index is 12.9. The molecule has 2 N–H and O–H groups in total. The minimum Gasteiger partial charge on any atom is -0.434 e. The highest BCUT2D eigenvalue weighted by molar-refractivity contribution is 5.46. The average Bonchev–Trinajstić information content (AvgIpc) is 2.17. The van der Waals surface area contributed by atoms with Crippen molar-refractivity contribution in [3.8, 4) is 5.75 Å². The second kappa shape index (κ2) is 4.12. The van der Waals surface area contributed by atoms with Gasteiger partial charge in [-0.2, -0.15) is 8.78 Å². The van der Waals surface area contributed by atoms with Crippen LogP contribution in [0.15, 0.2) is 18.2 Å². The predicted octanol–water partition coefficient (Wildman–Crippen LogP) is 3.18. The standard InChI is InChI=1S/C12H13F4NO/c1-7-3-2-4-8(9(7)18-10(13)14)11(17)5-12(15,16)6-11/h2-4,10H,5-6,17H2,1H3.